The van der Waals surface area contributed by atoms with Gasteiger partial charge in [0.1, 0.15) is 0 Å². The van der Waals surface area contributed by atoms with Crippen LogP contribution in [0, 0.1) is 5.92 Å². The monoisotopic (exact) mass is 155 g/mol. The first-order valence-electron chi connectivity index (χ1n) is 3.29. The van der Waals surface area contributed by atoms with Gasteiger partial charge in [0.25, 0.3) is 0 Å². The zero-order valence-corrected chi connectivity index (χ0v) is 5.91. The molecule has 4 heteroatoms. The van der Waals surface area contributed by atoms with E-state index in [1.807, 2.05) is 0 Å². The molecular formula is C7H9NO3. The van der Waals surface area contributed by atoms with Gasteiger partial charge < -0.3 is 5.11 Å². The Labute approximate surface area is 63.9 Å². The van der Waals surface area contributed by atoms with Crippen molar-refractivity contribution >= 4 is 11.8 Å². The minimum absolute atomic E-state index is 0.0615. The number of amides is 2. The molecule has 0 saturated carbocycles. The first-order valence-corrected chi connectivity index (χ1v) is 3.29. The molecule has 0 aromatic heterocycles. The van der Waals surface area contributed by atoms with E-state index in [4.69, 9.17) is 5.11 Å². The average Bonchev–Trinajstić information content (AvgIpc) is 2.28. The van der Waals surface area contributed by atoms with Crippen molar-refractivity contribution in [3.05, 3.63) is 12.7 Å². The van der Waals surface area contributed by atoms with Crippen LogP contribution >= 0.6 is 0 Å². The van der Waals surface area contributed by atoms with Crippen molar-refractivity contribution in [1.82, 2.24) is 5.32 Å². The van der Waals surface area contributed by atoms with Crippen molar-refractivity contribution in [3.63, 3.8) is 0 Å². The molecule has 0 spiro atoms. The Hall–Kier alpha value is -1.16. The quantitative estimate of drug-likeness (QED) is 0.405. The van der Waals surface area contributed by atoms with Crippen molar-refractivity contribution in [2.45, 2.75) is 12.5 Å². The summed E-state index contributed by atoms with van der Waals surface area (Å²) in [6.45, 7) is 3.32. The highest BCUT2D eigenvalue weighted by atomic mass is 16.3. The highest BCUT2D eigenvalue weighted by molar-refractivity contribution is 6.03. The van der Waals surface area contributed by atoms with Crippen LogP contribution in [-0.2, 0) is 9.59 Å². The smallest absolute Gasteiger partial charge is 0.233 e. The zero-order chi connectivity index (χ0) is 8.43. The first-order chi connectivity index (χ1) is 5.15. The van der Waals surface area contributed by atoms with E-state index in [2.05, 4.69) is 11.9 Å². The molecule has 0 bridgehead atoms. The summed E-state index contributed by atoms with van der Waals surface area (Å²) in [4.78, 5) is 21.5. The number of hydrogen-bond acceptors (Lipinski definition) is 3. The van der Waals surface area contributed by atoms with Crippen LogP contribution in [0.4, 0.5) is 0 Å². The largest absolute Gasteiger partial charge is 0.388 e. The molecule has 1 aliphatic rings. The molecule has 0 aromatic carbocycles. The summed E-state index contributed by atoms with van der Waals surface area (Å²) >= 11 is 0. The zero-order valence-electron chi connectivity index (χ0n) is 5.91. The molecule has 2 atom stereocenters. The number of nitrogens with one attached hydrogen (secondary N) is 1. The summed E-state index contributed by atoms with van der Waals surface area (Å²) < 4.78 is 0. The summed E-state index contributed by atoms with van der Waals surface area (Å²) in [5.41, 5.74) is 0. The Morgan fingerprint density at radius 1 is 1.73 bits per heavy atom. The van der Waals surface area contributed by atoms with Gasteiger partial charge in [0.2, 0.25) is 11.8 Å². The Bertz CT molecular complexity index is 212. The van der Waals surface area contributed by atoms with Gasteiger partial charge in [-0.05, 0) is 0 Å². The number of carbonyl (C=O) groups is 2. The van der Waals surface area contributed by atoms with E-state index in [0.29, 0.717) is 0 Å². The normalized spacial score (nSPS) is 26.5. The van der Waals surface area contributed by atoms with E-state index < -0.39 is 17.9 Å². The van der Waals surface area contributed by atoms with Crippen LogP contribution in [0.2, 0.25) is 0 Å². The van der Waals surface area contributed by atoms with Gasteiger partial charge in [-0.25, -0.2) is 0 Å². The maximum atomic E-state index is 10.8. The molecule has 1 saturated heterocycles. The van der Waals surface area contributed by atoms with Gasteiger partial charge in [-0.1, -0.05) is 6.08 Å². The first kappa shape index (κ1) is 7.94. The molecule has 2 amide bonds. The Morgan fingerprint density at radius 3 is 2.73 bits per heavy atom. The third-order valence-electron chi connectivity index (χ3n) is 1.66. The number of aliphatic hydroxyl groups is 1. The number of rotatable bonds is 2. The van der Waals surface area contributed by atoms with E-state index in [-0.39, 0.29) is 12.3 Å². The minimum atomic E-state index is -0.915. The lowest BCUT2D eigenvalue weighted by atomic mass is 10.0. The second-order valence-electron chi connectivity index (χ2n) is 2.45. The van der Waals surface area contributed by atoms with Crippen LogP contribution in [-0.4, -0.2) is 23.0 Å². The molecule has 11 heavy (non-hydrogen) atoms. The molecule has 60 valence electrons. The van der Waals surface area contributed by atoms with Gasteiger partial charge in [-0.3, -0.25) is 14.9 Å². The lowest BCUT2D eigenvalue weighted by Crippen LogP contribution is -2.27. The number of carbonyl (C=O) groups excluding carboxylic acids is 2. The molecule has 2 N–H and O–H groups in total. The van der Waals surface area contributed by atoms with E-state index in [1.54, 1.807) is 0 Å². The van der Waals surface area contributed by atoms with Crippen LogP contribution in [0.15, 0.2) is 12.7 Å². The molecule has 2 unspecified atom stereocenters. The van der Waals surface area contributed by atoms with E-state index in [9.17, 15) is 9.59 Å². The van der Waals surface area contributed by atoms with Gasteiger partial charge in [0.15, 0.2) is 0 Å². The van der Waals surface area contributed by atoms with Crippen molar-refractivity contribution in [2.24, 2.45) is 5.92 Å². The van der Waals surface area contributed by atoms with E-state index >= 15 is 0 Å². The van der Waals surface area contributed by atoms with Gasteiger partial charge in [0, 0.05) is 6.42 Å². The van der Waals surface area contributed by atoms with Crippen LogP contribution in [0.5, 0.6) is 0 Å². The molecule has 0 aromatic rings. The predicted molar refractivity (Wildman–Crippen MR) is 37.5 cm³/mol. The molecule has 0 aliphatic carbocycles. The maximum absolute atomic E-state index is 10.8. The van der Waals surface area contributed by atoms with Crippen molar-refractivity contribution in [2.75, 3.05) is 0 Å². The second-order valence-corrected chi connectivity index (χ2v) is 2.45. The topological polar surface area (TPSA) is 66.4 Å². The molecular weight excluding hydrogens is 146 g/mol. The fraction of sp³-hybridized carbons (Fsp3) is 0.429. The molecule has 1 aliphatic heterocycles. The number of imide groups is 1. The minimum Gasteiger partial charge on any atom is -0.388 e. The predicted octanol–water partition coefficient (Wildman–Crippen LogP) is -0.804. The maximum Gasteiger partial charge on any atom is 0.233 e. The third-order valence-corrected chi connectivity index (χ3v) is 1.66. The fourth-order valence-corrected chi connectivity index (χ4v) is 1.01. The number of hydrogen-bond donors (Lipinski definition) is 2. The SMILES string of the molecule is C=CC(O)C1CC(=O)NC1=O. The molecule has 1 heterocycles. The average molecular weight is 155 g/mol. The molecule has 4 nitrogen and oxygen atoms in total. The Morgan fingerprint density at radius 2 is 2.36 bits per heavy atom. The van der Waals surface area contributed by atoms with Crippen molar-refractivity contribution < 1.29 is 14.7 Å². The van der Waals surface area contributed by atoms with Crippen molar-refractivity contribution in [3.8, 4) is 0 Å². The van der Waals surface area contributed by atoms with Crippen molar-refractivity contribution in [1.29, 1.82) is 0 Å². The highest BCUT2D eigenvalue weighted by Gasteiger charge is 2.34. The van der Waals surface area contributed by atoms with Gasteiger partial charge in [0.05, 0.1) is 12.0 Å². The van der Waals surface area contributed by atoms with E-state index in [0.717, 1.165) is 0 Å². The standard InChI is InChI=1S/C7H9NO3/c1-2-5(9)4-3-6(10)8-7(4)11/h2,4-5,9H,1,3H2,(H,8,10,11). The second kappa shape index (κ2) is 2.84. The van der Waals surface area contributed by atoms with Gasteiger partial charge >= 0.3 is 0 Å². The van der Waals surface area contributed by atoms with Gasteiger partial charge in [-0.15, -0.1) is 6.58 Å². The van der Waals surface area contributed by atoms with Crippen LogP contribution in [0.3, 0.4) is 0 Å². The highest BCUT2D eigenvalue weighted by Crippen LogP contribution is 2.15. The lowest BCUT2D eigenvalue weighted by Gasteiger charge is -2.08. The Kier molecular flexibility index (Phi) is 2.05. The van der Waals surface area contributed by atoms with E-state index in [1.165, 1.54) is 6.08 Å². The summed E-state index contributed by atoms with van der Waals surface area (Å²) in [6, 6.07) is 0. The number of aliphatic hydroxyl groups excluding tert-OH is 1. The molecule has 1 rings (SSSR count). The summed E-state index contributed by atoms with van der Waals surface area (Å²) in [5, 5.41) is 11.2. The van der Waals surface area contributed by atoms with Crippen LogP contribution < -0.4 is 5.32 Å². The lowest BCUT2D eigenvalue weighted by molar-refractivity contribution is -0.126. The van der Waals surface area contributed by atoms with Crippen LogP contribution in [0.25, 0.3) is 0 Å². The fourth-order valence-electron chi connectivity index (χ4n) is 1.01. The van der Waals surface area contributed by atoms with Crippen LogP contribution in [0.1, 0.15) is 6.42 Å². The third kappa shape index (κ3) is 1.46. The molecule has 1 fully saturated rings. The molecule has 0 radical (unpaired) electrons. The summed E-state index contributed by atoms with van der Waals surface area (Å²) in [6.07, 6.45) is 0.399. The summed E-state index contributed by atoms with van der Waals surface area (Å²) in [7, 11) is 0. The Balaban J connectivity index is 2.66. The summed E-state index contributed by atoms with van der Waals surface area (Å²) in [5.74, 6) is -1.39. The van der Waals surface area contributed by atoms with Gasteiger partial charge in [-0.2, -0.15) is 0 Å².